The fourth-order valence-electron chi connectivity index (χ4n) is 3.34. The van der Waals surface area contributed by atoms with E-state index < -0.39 is 0 Å². The van der Waals surface area contributed by atoms with Crippen LogP contribution in [-0.2, 0) is 11.3 Å². The fraction of sp³-hybridized carbons (Fsp3) is 0.562. The average molecular weight is 273 g/mol. The van der Waals surface area contributed by atoms with Crippen molar-refractivity contribution in [3.05, 3.63) is 29.8 Å². The Balaban J connectivity index is 1.86. The third-order valence-electron chi connectivity index (χ3n) is 4.51. The van der Waals surface area contributed by atoms with Crippen LogP contribution in [0.5, 0.6) is 0 Å². The van der Waals surface area contributed by atoms with E-state index in [-0.39, 0.29) is 12.0 Å². The molecular weight excluding hydrogens is 250 g/mol. The highest BCUT2D eigenvalue weighted by atomic mass is 16.2. The maximum atomic E-state index is 12.7. The number of hydrogen-bond acceptors (Lipinski definition) is 3. The van der Waals surface area contributed by atoms with Crippen molar-refractivity contribution >= 4 is 11.6 Å². The first-order chi connectivity index (χ1) is 9.66. The second-order valence-electron chi connectivity index (χ2n) is 6.01. The van der Waals surface area contributed by atoms with Gasteiger partial charge >= 0.3 is 0 Å². The number of hydrogen-bond donors (Lipinski definition) is 1. The van der Waals surface area contributed by atoms with Gasteiger partial charge in [0.25, 0.3) is 0 Å². The Labute approximate surface area is 120 Å². The number of likely N-dealkylation sites (N-methyl/N-ethyl adjacent to an activating group) is 1. The van der Waals surface area contributed by atoms with Crippen molar-refractivity contribution in [1.82, 2.24) is 10.2 Å². The van der Waals surface area contributed by atoms with Gasteiger partial charge in [-0.05, 0) is 31.5 Å². The molecule has 0 saturated carbocycles. The number of carbonyl (C=O) groups is 1. The highest BCUT2D eigenvalue weighted by Crippen LogP contribution is 2.27. The number of para-hydroxylation sites is 1. The number of nitrogens with zero attached hydrogens (tertiary/aromatic N) is 2. The molecule has 2 aliphatic heterocycles. The van der Waals surface area contributed by atoms with E-state index in [0.717, 1.165) is 32.6 Å². The summed E-state index contributed by atoms with van der Waals surface area (Å²) >= 11 is 0. The molecule has 0 aromatic heterocycles. The molecule has 3 rings (SSSR count). The van der Waals surface area contributed by atoms with Crippen LogP contribution in [0.15, 0.2) is 24.3 Å². The van der Waals surface area contributed by atoms with Gasteiger partial charge in [0.1, 0.15) is 0 Å². The summed E-state index contributed by atoms with van der Waals surface area (Å²) in [6, 6.07) is 8.66. The number of fused-ring (bicyclic) bond motifs is 1. The first-order valence-electron chi connectivity index (χ1n) is 7.47. The highest BCUT2D eigenvalue weighted by molar-refractivity contribution is 5.80. The van der Waals surface area contributed by atoms with Crippen LogP contribution in [0.25, 0.3) is 0 Å². The zero-order valence-corrected chi connectivity index (χ0v) is 12.3. The van der Waals surface area contributed by atoms with Crippen LogP contribution >= 0.6 is 0 Å². The lowest BCUT2D eigenvalue weighted by Crippen LogP contribution is -2.45. The molecule has 2 unspecified atom stereocenters. The quantitative estimate of drug-likeness (QED) is 0.841. The minimum absolute atomic E-state index is 0.160. The largest absolute Gasteiger partial charge is 0.372 e. The zero-order chi connectivity index (χ0) is 14.1. The molecule has 4 heteroatoms. The normalized spacial score (nSPS) is 26.3. The smallest absolute Gasteiger partial charge is 0.227 e. The molecule has 2 heterocycles. The van der Waals surface area contributed by atoms with E-state index >= 15 is 0 Å². The Kier molecular flexibility index (Phi) is 3.66. The molecule has 1 aromatic rings. The number of carbonyl (C=O) groups excluding carboxylic acids is 1. The Hall–Kier alpha value is -1.55. The van der Waals surface area contributed by atoms with Crippen molar-refractivity contribution in [2.24, 2.45) is 5.92 Å². The average Bonchev–Trinajstić information content (AvgIpc) is 2.94. The van der Waals surface area contributed by atoms with E-state index in [1.807, 2.05) is 0 Å². The van der Waals surface area contributed by atoms with Crippen LogP contribution in [0.4, 0.5) is 5.69 Å². The minimum atomic E-state index is 0.160. The van der Waals surface area contributed by atoms with Gasteiger partial charge in [0.2, 0.25) is 5.91 Å². The highest BCUT2D eigenvalue weighted by Gasteiger charge is 2.32. The Morgan fingerprint density at radius 2 is 2.15 bits per heavy atom. The van der Waals surface area contributed by atoms with Gasteiger partial charge in [-0.2, -0.15) is 0 Å². The molecule has 4 nitrogen and oxygen atoms in total. The molecule has 1 N–H and O–H groups in total. The number of rotatable bonds is 1. The molecule has 20 heavy (non-hydrogen) atoms. The molecule has 0 radical (unpaired) electrons. The molecule has 0 aliphatic carbocycles. The number of benzene rings is 1. The summed E-state index contributed by atoms with van der Waals surface area (Å²) in [4.78, 5) is 17.1. The van der Waals surface area contributed by atoms with Crippen LogP contribution in [0.2, 0.25) is 0 Å². The summed E-state index contributed by atoms with van der Waals surface area (Å²) in [5.74, 6) is 0.473. The standard InChI is InChI=1S/C16H23N3O/c1-12-10-18(2)15-6-4-3-5-14(15)11-19(12)16(20)13-7-8-17-9-13/h3-6,12-13,17H,7-11H2,1-2H3. The van der Waals surface area contributed by atoms with Crippen molar-refractivity contribution in [1.29, 1.82) is 0 Å². The lowest BCUT2D eigenvalue weighted by atomic mass is 10.1. The predicted octanol–water partition coefficient (Wildman–Crippen LogP) is 1.46. The van der Waals surface area contributed by atoms with Gasteiger partial charge in [-0.25, -0.2) is 0 Å². The number of nitrogens with one attached hydrogen (secondary N) is 1. The van der Waals surface area contributed by atoms with E-state index in [0.29, 0.717) is 5.91 Å². The Morgan fingerprint density at radius 3 is 2.90 bits per heavy atom. The molecule has 2 atom stereocenters. The molecule has 2 aliphatic rings. The van der Waals surface area contributed by atoms with Crippen LogP contribution in [0, 0.1) is 5.92 Å². The van der Waals surface area contributed by atoms with Crippen LogP contribution < -0.4 is 10.2 Å². The Bertz CT molecular complexity index is 496. The summed E-state index contributed by atoms with van der Waals surface area (Å²) in [5.41, 5.74) is 2.50. The third-order valence-corrected chi connectivity index (χ3v) is 4.51. The number of amides is 1. The van der Waals surface area contributed by atoms with E-state index in [1.165, 1.54) is 11.3 Å². The maximum absolute atomic E-state index is 12.7. The summed E-state index contributed by atoms with van der Waals surface area (Å²) in [5, 5.41) is 3.29. The SMILES string of the molecule is CC1CN(C)c2ccccc2CN1C(=O)C1CCNC1. The van der Waals surface area contributed by atoms with Gasteiger partial charge in [0.05, 0.1) is 5.92 Å². The molecule has 1 aromatic carbocycles. The van der Waals surface area contributed by atoms with Crippen LogP contribution in [0.1, 0.15) is 18.9 Å². The summed E-state index contributed by atoms with van der Waals surface area (Å²) in [7, 11) is 2.11. The first kappa shape index (κ1) is 13.4. The first-order valence-corrected chi connectivity index (χ1v) is 7.47. The van der Waals surface area contributed by atoms with Crippen molar-refractivity contribution in [3.8, 4) is 0 Å². The van der Waals surface area contributed by atoms with Crippen molar-refractivity contribution < 1.29 is 4.79 Å². The summed E-state index contributed by atoms with van der Waals surface area (Å²) < 4.78 is 0. The molecule has 1 amide bonds. The zero-order valence-electron chi connectivity index (χ0n) is 12.3. The lowest BCUT2D eigenvalue weighted by molar-refractivity contribution is -0.137. The van der Waals surface area contributed by atoms with Crippen molar-refractivity contribution in [3.63, 3.8) is 0 Å². The monoisotopic (exact) mass is 273 g/mol. The molecule has 1 saturated heterocycles. The van der Waals surface area contributed by atoms with E-state index in [2.05, 4.69) is 53.4 Å². The van der Waals surface area contributed by atoms with Gasteiger partial charge in [-0.3, -0.25) is 4.79 Å². The molecule has 0 bridgehead atoms. The van der Waals surface area contributed by atoms with Gasteiger partial charge in [-0.15, -0.1) is 0 Å². The lowest BCUT2D eigenvalue weighted by Gasteiger charge is -2.30. The molecule has 108 valence electrons. The van der Waals surface area contributed by atoms with Crippen molar-refractivity contribution in [2.75, 3.05) is 31.6 Å². The molecular formula is C16H23N3O. The summed E-state index contributed by atoms with van der Waals surface area (Å²) in [6.07, 6.45) is 0.972. The number of anilines is 1. The van der Waals surface area contributed by atoms with E-state index in [4.69, 9.17) is 0 Å². The van der Waals surface area contributed by atoms with E-state index in [9.17, 15) is 4.79 Å². The topological polar surface area (TPSA) is 35.6 Å². The van der Waals surface area contributed by atoms with Crippen LogP contribution in [-0.4, -0.2) is 43.5 Å². The van der Waals surface area contributed by atoms with Gasteiger partial charge in [0.15, 0.2) is 0 Å². The summed E-state index contributed by atoms with van der Waals surface area (Å²) in [6.45, 7) is 5.58. The van der Waals surface area contributed by atoms with Gasteiger partial charge in [-0.1, -0.05) is 18.2 Å². The fourth-order valence-corrected chi connectivity index (χ4v) is 3.34. The molecule has 1 fully saturated rings. The van der Waals surface area contributed by atoms with E-state index in [1.54, 1.807) is 0 Å². The third kappa shape index (κ3) is 2.40. The predicted molar refractivity (Wildman–Crippen MR) is 80.7 cm³/mol. The Morgan fingerprint density at radius 1 is 1.35 bits per heavy atom. The van der Waals surface area contributed by atoms with Crippen molar-refractivity contribution in [2.45, 2.75) is 25.9 Å². The second kappa shape index (κ2) is 5.44. The maximum Gasteiger partial charge on any atom is 0.227 e. The van der Waals surface area contributed by atoms with Crippen LogP contribution in [0.3, 0.4) is 0 Å². The second-order valence-corrected chi connectivity index (χ2v) is 6.01. The van der Waals surface area contributed by atoms with Gasteiger partial charge in [0, 0.05) is 38.4 Å². The minimum Gasteiger partial charge on any atom is -0.372 e. The molecule has 0 spiro atoms. The van der Waals surface area contributed by atoms with Gasteiger partial charge < -0.3 is 15.1 Å².